The average Bonchev–Trinajstić information content (AvgIpc) is 2.95. The molecule has 3 rings (SSSR count). The molecule has 0 saturated heterocycles. The van der Waals surface area contributed by atoms with Crippen molar-refractivity contribution >= 4 is 21.6 Å². The van der Waals surface area contributed by atoms with Gasteiger partial charge in [-0.05, 0) is 34.1 Å². The van der Waals surface area contributed by atoms with Crippen LogP contribution in [-0.4, -0.2) is 14.6 Å². The van der Waals surface area contributed by atoms with Crippen LogP contribution in [0.4, 0.5) is 0 Å². The minimum atomic E-state index is 0.244. The SMILES string of the molecule is N#CCc1c(-c2ccc(Br)o2)nn2cccnc12. The van der Waals surface area contributed by atoms with E-state index in [1.54, 1.807) is 29.0 Å². The van der Waals surface area contributed by atoms with Gasteiger partial charge in [-0.2, -0.15) is 10.4 Å². The smallest absolute Gasteiger partial charge is 0.169 e. The van der Waals surface area contributed by atoms with Gasteiger partial charge in [-0.25, -0.2) is 9.50 Å². The van der Waals surface area contributed by atoms with Crippen molar-refractivity contribution in [1.82, 2.24) is 14.6 Å². The maximum Gasteiger partial charge on any atom is 0.169 e. The van der Waals surface area contributed by atoms with Crippen LogP contribution >= 0.6 is 15.9 Å². The first-order valence-corrected chi connectivity index (χ1v) is 6.04. The van der Waals surface area contributed by atoms with Gasteiger partial charge >= 0.3 is 0 Å². The zero-order chi connectivity index (χ0) is 12.5. The van der Waals surface area contributed by atoms with Gasteiger partial charge in [0, 0.05) is 18.0 Å². The van der Waals surface area contributed by atoms with Crippen LogP contribution in [0, 0.1) is 11.3 Å². The molecule has 0 fully saturated rings. The molecule has 0 aliphatic carbocycles. The summed E-state index contributed by atoms with van der Waals surface area (Å²) in [4.78, 5) is 4.25. The van der Waals surface area contributed by atoms with Crippen molar-refractivity contribution in [1.29, 1.82) is 5.26 Å². The number of hydrogen-bond acceptors (Lipinski definition) is 4. The lowest BCUT2D eigenvalue weighted by atomic mass is 10.1. The number of nitriles is 1. The van der Waals surface area contributed by atoms with Crippen molar-refractivity contribution in [3.05, 3.63) is 40.8 Å². The lowest BCUT2D eigenvalue weighted by molar-refractivity contribution is 0.552. The zero-order valence-corrected chi connectivity index (χ0v) is 10.8. The first kappa shape index (κ1) is 11.0. The minimum Gasteiger partial charge on any atom is -0.448 e. The average molecular weight is 303 g/mol. The van der Waals surface area contributed by atoms with Gasteiger partial charge in [0.05, 0.1) is 12.5 Å². The Balaban J connectivity index is 2.28. The highest BCUT2D eigenvalue weighted by atomic mass is 79.9. The quantitative estimate of drug-likeness (QED) is 0.730. The third-order valence-electron chi connectivity index (χ3n) is 2.55. The molecule has 0 spiro atoms. The largest absolute Gasteiger partial charge is 0.448 e. The summed E-state index contributed by atoms with van der Waals surface area (Å²) in [6.07, 6.45) is 3.72. The van der Waals surface area contributed by atoms with E-state index < -0.39 is 0 Å². The Hall–Kier alpha value is -2.13. The zero-order valence-electron chi connectivity index (χ0n) is 9.17. The molecule has 88 valence electrons. The second-order valence-corrected chi connectivity index (χ2v) is 4.44. The highest BCUT2D eigenvalue weighted by molar-refractivity contribution is 9.10. The van der Waals surface area contributed by atoms with Gasteiger partial charge in [0.15, 0.2) is 16.1 Å². The molecule has 3 aromatic heterocycles. The summed E-state index contributed by atoms with van der Waals surface area (Å²) in [6, 6.07) is 7.53. The van der Waals surface area contributed by atoms with Gasteiger partial charge in [0.1, 0.15) is 5.69 Å². The number of fused-ring (bicyclic) bond motifs is 1. The van der Waals surface area contributed by atoms with E-state index in [9.17, 15) is 0 Å². The molecule has 3 aromatic rings. The highest BCUT2D eigenvalue weighted by Crippen LogP contribution is 2.28. The standard InChI is InChI=1S/C12H7BrN4O/c13-10-3-2-9(18-10)11-8(4-5-14)12-15-6-1-7-17(12)16-11/h1-3,6-7H,4H2. The van der Waals surface area contributed by atoms with Crippen LogP contribution in [0.1, 0.15) is 5.56 Å². The monoisotopic (exact) mass is 302 g/mol. The summed E-state index contributed by atoms with van der Waals surface area (Å²) in [6.45, 7) is 0. The molecule has 0 radical (unpaired) electrons. The normalized spacial score (nSPS) is 10.7. The Morgan fingerprint density at radius 1 is 1.44 bits per heavy atom. The number of aromatic nitrogens is 3. The third-order valence-corrected chi connectivity index (χ3v) is 2.98. The van der Waals surface area contributed by atoms with Crippen LogP contribution in [0.2, 0.25) is 0 Å². The molecule has 0 aromatic carbocycles. The second kappa shape index (κ2) is 4.27. The molecule has 0 unspecified atom stereocenters. The van der Waals surface area contributed by atoms with Crippen LogP contribution < -0.4 is 0 Å². The summed E-state index contributed by atoms with van der Waals surface area (Å²) < 4.78 is 7.77. The van der Waals surface area contributed by atoms with E-state index in [0.29, 0.717) is 21.8 Å². The lowest BCUT2D eigenvalue weighted by Gasteiger charge is -1.93. The highest BCUT2D eigenvalue weighted by Gasteiger charge is 2.17. The second-order valence-electron chi connectivity index (χ2n) is 3.65. The van der Waals surface area contributed by atoms with Crippen LogP contribution in [0.5, 0.6) is 0 Å². The van der Waals surface area contributed by atoms with Gasteiger partial charge < -0.3 is 4.42 Å². The third kappa shape index (κ3) is 1.69. The fourth-order valence-corrected chi connectivity index (χ4v) is 2.12. The van der Waals surface area contributed by atoms with E-state index in [4.69, 9.17) is 9.68 Å². The molecule has 0 aliphatic heterocycles. The van der Waals surface area contributed by atoms with Crippen molar-refractivity contribution in [2.24, 2.45) is 0 Å². The van der Waals surface area contributed by atoms with Crippen molar-refractivity contribution in [3.63, 3.8) is 0 Å². The summed E-state index contributed by atoms with van der Waals surface area (Å²) in [7, 11) is 0. The topological polar surface area (TPSA) is 67.1 Å². The first-order valence-electron chi connectivity index (χ1n) is 5.24. The molecule has 0 N–H and O–H groups in total. The predicted octanol–water partition coefficient (Wildman–Crippen LogP) is 2.82. The van der Waals surface area contributed by atoms with E-state index in [1.807, 2.05) is 6.07 Å². The number of nitrogens with zero attached hydrogens (tertiary/aromatic N) is 4. The molecule has 0 amide bonds. The first-order chi connectivity index (χ1) is 8.79. The maximum atomic E-state index is 8.92. The Labute approximate surface area is 111 Å². The van der Waals surface area contributed by atoms with E-state index in [-0.39, 0.29) is 6.42 Å². The van der Waals surface area contributed by atoms with E-state index in [1.165, 1.54) is 0 Å². The summed E-state index contributed by atoms with van der Waals surface area (Å²) >= 11 is 3.25. The number of furan rings is 1. The molecule has 0 aliphatic rings. The molecular weight excluding hydrogens is 296 g/mol. The fourth-order valence-electron chi connectivity index (χ4n) is 1.82. The molecule has 18 heavy (non-hydrogen) atoms. The van der Waals surface area contributed by atoms with E-state index >= 15 is 0 Å². The van der Waals surface area contributed by atoms with Crippen molar-refractivity contribution < 1.29 is 4.42 Å². The molecular formula is C12H7BrN4O. The van der Waals surface area contributed by atoms with Gasteiger partial charge in [0.25, 0.3) is 0 Å². The number of rotatable bonds is 2. The molecule has 0 bridgehead atoms. The predicted molar refractivity (Wildman–Crippen MR) is 67.7 cm³/mol. The lowest BCUT2D eigenvalue weighted by Crippen LogP contribution is -1.88. The molecule has 6 heteroatoms. The minimum absolute atomic E-state index is 0.244. The fraction of sp³-hybridized carbons (Fsp3) is 0.0833. The van der Waals surface area contributed by atoms with Crippen LogP contribution in [0.3, 0.4) is 0 Å². The Kier molecular flexibility index (Phi) is 2.61. The number of halogens is 1. The Morgan fingerprint density at radius 3 is 3.06 bits per heavy atom. The number of hydrogen-bond donors (Lipinski definition) is 0. The van der Waals surface area contributed by atoms with Gasteiger partial charge in [-0.3, -0.25) is 0 Å². The van der Waals surface area contributed by atoms with Crippen molar-refractivity contribution in [3.8, 4) is 17.5 Å². The van der Waals surface area contributed by atoms with E-state index in [2.05, 4.69) is 32.1 Å². The summed E-state index contributed by atoms with van der Waals surface area (Å²) in [5.74, 6) is 0.623. The Morgan fingerprint density at radius 2 is 2.33 bits per heavy atom. The molecule has 5 nitrogen and oxygen atoms in total. The summed E-state index contributed by atoms with van der Waals surface area (Å²) in [5.41, 5.74) is 2.11. The van der Waals surface area contributed by atoms with Crippen LogP contribution in [0.25, 0.3) is 17.1 Å². The van der Waals surface area contributed by atoms with Crippen LogP contribution in [-0.2, 0) is 6.42 Å². The summed E-state index contributed by atoms with van der Waals surface area (Å²) in [5, 5.41) is 13.3. The van der Waals surface area contributed by atoms with Crippen molar-refractivity contribution in [2.75, 3.05) is 0 Å². The van der Waals surface area contributed by atoms with E-state index in [0.717, 1.165) is 5.56 Å². The van der Waals surface area contributed by atoms with Gasteiger partial charge in [-0.1, -0.05) is 0 Å². The Bertz CT molecular complexity index is 753. The molecule has 0 saturated carbocycles. The molecule has 3 heterocycles. The maximum absolute atomic E-state index is 8.92. The molecule has 0 atom stereocenters. The van der Waals surface area contributed by atoms with Crippen molar-refractivity contribution in [2.45, 2.75) is 6.42 Å². The van der Waals surface area contributed by atoms with Gasteiger partial charge in [-0.15, -0.1) is 0 Å². The van der Waals surface area contributed by atoms with Crippen LogP contribution in [0.15, 0.2) is 39.7 Å². The van der Waals surface area contributed by atoms with Gasteiger partial charge in [0.2, 0.25) is 0 Å².